The van der Waals surface area contributed by atoms with Gasteiger partial charge >= 0.3 is 0 Å². The fraction of sp³-hybridized carbons (Fsp3) is 0.0400. The van der Waals surface area contributed by atoms with Crippen molar-refractivity contribution in [1.29, 1.82) is 0 Å². The molecular weight excluding hydrogens is 450 g/mol. The van der Waals surface area contributed by atoms with Gasteiger partial charge in [-0.15, -0.1) is 17.9 Å². The zero-order valence-corrected chi connectivity index (χ0v) is 19.2. The lowest BCUT2D eigenvalue weighted by atomic mass is 10.1. The monoisotopic (exact) mass is 469 g/mol. The Morgan fingerprint density at radius 1 is 1.06 bits per heavy atom. The maximum Gasteiger partial charge on any atom is 0.267 e. The molecule has 1 fully saturated rings. The number of carbonyl (C=O) groups is 1. The number of thioether (sulfide) groups is 1. The Morgan fingerprint density at radius 2 is 1.82 bits per heavy atom. The molecule has 0 radical (unpaired) electrons. The van der Waals surface area contributed by atoms with Crippen molar-refractivity contribution in [2.45, 2.75) is 0 Å². The van der Waals surface area contributed by atoms with Crippen LogP contribution in [0.2, 0.25) is 0 Å². The molecule has 162 valence electrons. The number of hydrogen-bond donors (Lipinski definition) is 0. The second-order valence-corrected chi connectivity index (χ2v) is 8.99. The molecule has 1 aliphatic heterocycles. The molecule has 0 aliphatic carbocycles. The molecule has 8 heteroatoms. The minimum Gasteiger partial charge on any atom is -0.282 e. The molecule has 0 bridgehead atoms. The average Bonchev–Trinajstić information content (AvgIpc) is 3.58. The van der Waals surface area contributed by atoms with Gasteiger partial charge in [0.15, 0.2) is 5.17 Å². The van der Waals surface area contributed by atoms with Crippen LogP contribution >= 0.6 is 23.1 Å². The molecule has 6 nitrogen and oxygen atoms in total. The number of amidine groups is 1. The van der Waals surface area contributed by atoms with Crippen LogP contribution in [-0.4, -0.2) is 37.3 Å². The zero-order chi connectivity index (χ0) is 22.6. The quantitative estimate of drug-likeness (QED) is 0.265. The molecule has 33 heavy (non-hydrogen) atoms. The van der Waals surface area contributed by atoms with E-state index >= 15 is 0 Å². The van der Waals surface area contributed by atoms with Gasteiger partial charge in [0, 0.05) is 35.4 Å². The second kappa shape index (κ2) is 9.40. The van der Waals surface area contributed by atoms with Crippen molar-refractivity contribution in [1.82, 2.24) is 19.7 Å². The third kappa shape index (κ3) is 4.44. The summed E-state index contributed by atoms with van der Waals surface area (Å²) in [6.45, 7) is 4.16. The zero-order valence-electron chi connectivity index (χ0n) is 17.5. The molecule has 3 heterocycles. The van der Waals surface area contributed by atoms with Crippen LogP contribution in [0.1, 0.15) is 5.56 Å². The Hall–Kier alpha value is -3.75. The predicted molar refractivity (Wildman–Crippen MR) is 136 cm³/mol. The van der Waals surface area contributed by atoms with Crippen LogP contribution in [0.25, 0.3) is 23.0 Å². The summed E-state index contributed by atoms with van der Waals surface area (Å²) in [4.78, 5) is 24.2. The van der Waals surface area contributed by atoms with E-state index in [4.69, 9.17) is 5.10 Å². The fourth-order valence-corrected chi connectivity index (χ4v) is 4.94. The molecule has 0 N–H and O–H groups in total. The van der Waals surface area contributed by atoms with E-state index in [9.17, 15) is 4.79 Å². The molecule has 1 amide bonds. The summed E-state index contributed by atoms with van der Waals surface area (Å²) in [5.74, 6) is -0.110. The Bertz CT molecular complexity index is 1340. The number of aromatic nitrogens is 3. The van der Waals surface area contributed by atoms with Crippen molar-refractivity contribution in [3.8, 4) is 16.9 Å². The van der Waals surface area contributed by atoms with Crippen LogP contribution in [0.15, 0.2) is 101 Å². The number of para-hydroxylation sites is 1. The molecule has 4 aromatic rings. The molecule has 0 spiro atoms. The third-order valence-corrected chi connectivity index (χ3v) is 6.58. The van der Waals surface area contributed by atoms with E-state index in [0.717, 1.165) is 22.5 Å². The van der Waals surface area contributed by atoms with Crippen molar-refractivity contribution >= 4 is 45.4 Å². The predicted octanol–water partition coefficient (Wildman–Crippen LogP) is 5.79. The first kappa shape index (κ1) is 21.1. The van der Waals surface area contributed by atoms with Gasteiger partial charge in [-0.1, -0.05) is 54.6 Å². The first-order valence-electron chi connectivity index (χ1n) is 10.2. The van der Waals surface area contributed by atoms with Gasteiger partial charge in [-0.2, -0.15) is 10.1 Å². The smallest absolute Gasteiger partial charge is 0.267 e. The van der Waals surface area contributed by atoms with E-state index < -0.39 is 0 Å². The summed E-state index contributed by atoms with van der Waals surface area (Å²) in [5, 5.41) is 7.91. The van der Waals surface area contributed by atoms with Crippen molar-refractivity contribution in [3.05, 3.63) is 102 Å². The lowest BCUT2D eigenvalue weighted by Gasteiger charge is -2.11. The van der Waals surface area contributed by atoms with Crippen molar-refractivity contribution < 1.29 is 4.79 Å². The van der Waals surface area contributed by atoms with Crippen LogP contribution < -0.4 is 0 Å². The first-order chi connectivity index (χ1) is 16.2. The highest BCUT2D eigenvalue weighted by atomic mass is 32.2. The molecule has 0 saturated carbocycles. The van der Waals surface area contributed by atoms with E-state index in [-0.39, 0.29) is 5.91 Å². The Kier molecular flexibility index (Phi) is 6.01. The van der Waals surface area contributed by atoms with Crippen LogP contribution in [0.5, 0.6) is 0 Å². The molecule has 5 rings (SSSR count). The molecule has 2 aromatic heterocycles. The highest BCUT2D eigenvalue weighted by molar-refractivity contribution is 8.18. The lowest BCUT2D eigenvalue weighted by Crippen LogP contribution is -2.29. The number of carbonyl (C=O) groups excluding carboxylic acids is 1. The number of hydrogen-bond acceptors (Lipinski definition) is 6. The van der Waals surface area contributed by atoms with E-state index in [2.05, 4.69) is 16.6 Å². The van der Waals surface area contributed by atoms with Gasteiger partial charge in [0.25, 0.3) is 5.91 Å². The minimum absolute atomic E-state index is 0.110. The minimum atomic E-state index is -0.110. The summed E-state index contributed by atoms with van der Waals surface area (Å²) >= 11 is 2.77. The number of benzene rings is 2. The van der Waals surface area contributed by atoms with Gasteiger partial charge in [0.05, 0.1) is 16.3 Å². The van der Waals surface area contributed by atoms with Crippen molar-refractivity contribution in [3.63, 3.8) is 0 Å². The van der Waals surface area contributed by atoms with Gasteiger partial charge in [0.2, 0.25) is 5.13 Å². The Labute approximate surface area is 199 Å². The van der Waals surface area contributed by atoms with E-state index in [0.29, 0.717) is 21.7 Å². The maximum absolute atomic E-state index is 13.2. The SMILES string of the molecule is C=CCN1C(=O)/C(=C/c2cn(-c3ccccc3)nc2-c2ccccc2)S/C1=N/c1nccs1. The van der Waals surface area contributed by atoms with Crippen molar-refractivity contribution in [2.75, 3.05) is 6.54 Å². The molecule has 1 aliphatic rings. The maximum atomic E-state index is 13.2. The topological polar surface area (TPSA) is 63.4 Å². The summed E-state index contributed by atoms with van der Waals surface area (Å²) in [6.07, 6.45) is 7.24. The average molecular weight is 470 g/mol. The van der Waals surface area contributed by atoms with Crippen LogP contribution in [-0.2, 0) is 4.79 Å². The van der Waals surface area contributed by atoms with Crippen LogP contribution in [0.4, 0.5) is 5.13 Å². The molecule has 0 atom stereocenters. The number of rotatable bonds is 6. The molecular formula is C25H19N5OS2. The van der Waals surface area contributed by atoms with Gasteiger partial charge < -0.3 is 0 Å². The largest absolute Gasteiger partial charge is 0.282 e. The lowest BCUT2D eigenvalue weighted by molar-refractivity contribution is -0.121. The number of nitrogens with zero attached hydrogens (tertiary/aromatic N) is 5. The third-order valence-electron chi connectivity index (χ3n) is 4.91. The van der Waals surface area contributed by atoms with E-state index in [1.54, 1.807) is 17.2 Å². The summed E-state index contributed by atoms with van der Waals surface area (Å²) in [5.41, 5.74) is 3.59. The van der Waals surface area contributed by atoms with Gasteiger partial charge in [-0.05, 0) is 30.0 Å². The highest BCUT2D eigenvalue weighted by Crippen LogP contribution is 2.36. The van der Waals surface area contributed by atoms with E-state index in [1.165, 1.54) is 23.1 Å². The number of thiazole rings is 1. The summed E-state index contributed by atoms with van der Waals surface area (Å²) in [6, 6.07) is 19.9. The van der Waals surface area contributed by atoms with Crippen molar-refractivity contribution in [2.24, 2.45) is 4.99 Å². The first-order valence-corrected chi connectivity index (χ1v) is 11.9. The Morgan fingerprint density at radius 3 is 2.52 bits per heavy atom. The van der Waals surface area contributed by atoms with Gasteiger partial charge in [0.1, 0.15) is 0 Å². The number of aliphatic imine (C=N–C) groups is 1. The standard InChI is InChI=1S/C25H19N5OS2/c1-2-14-29-23(31)21(33-25(29)27-24-26-13-15-32-24)16-19-17-30(20-11-7-4-8-12-20)28-22(19)18-9-5-3-6-10-18/h2-13,15-17H,1,14H2/b21-16-,27-25+. The molecule has 0 unspecified atom stereocenters. The summed E-state index contributed by atoms with van der Waals surface area (Å²) in [7, 11) is 0. The molecule has 1 saturated heterocycles. The van der Waals surface area contributed by atoms with Gasteiger partial charge in [-0.25, -0.2) is 9.67 Å². The van der Waals surface area contributed by atoms with Gasteiger partial charge in [-0.3, -0.25) is 9.69 Å². The molecule has 2 aromatic carbocycles. The van der Waals surface area contributed by atoms with Crippen LogP contribution in [0, 0.1) is 0 Å². The number of amides is 1. The highest BCUT2D eigenvalue weighted by Gasteiger charge is 2.33. The second-order valence-electron chi connectivity index (χ2n) is 7.10. The Balaban J connectivity index is 1.58. The summed E-state index contributed by atoms with van der Waals surface area (Å²) < 4.78 is 1.84. The van der Waals surface area contributed by atoms with Crippen LogP contribution in [0.3, 0.4) is 0 Å². The normalized spacial score (nSPS) is 16.1. The fourth-order valence-electron chi connectivity index (χ4n) is 3.40. The van der Waals surface area contributed by atoms with E-state index in [1.807, 2.05) is 83.0 Å².